The van der Waals surface area contributed by atoms with Crippen LogP contribution in [0.25, 0.3) is 10.9 Å². The lowest BCUT2D eigenvalue weighted by atomic mass is 10.1. The van der Waals surface area contributed by atoms with E-state index >= 15 is 0 Å². The number of halogens is 2. The molecule has 182 valence electrons. The molecule has 1 saturated heterocycles. The first-order valence-corrected chi connectivity index (χ1v) is 10.8. The first-order chi connectivity index (χ1) is 16.2. The molecule has 0 spiro atoms. The first kappa shape index (κ1) is 25.0. The molecule has 4 amide bonds. The Balaban J connectivity index is 1.62. The molecule has 34 heavy (non-hydrogen) atoms. The fourth-order valence-electron chi connectivity index (χ4n) is 3.48. The monoisotopic (exact) mass is 476 g/mol. The Hall–Kier alpha value is -3.67. The zero-order chi connectivity index (χ0) is 24.7. The van der Waals surface area contributed by atoms with Gasteiger partial charge in [0.05, 0.1) is 24.2 Å². The molecule has 0 atom stereocenters. The van der Waals surface area contributed by atoms with E-state index in [0.717, 1.165) is 4.90 Å². The van der Waals surface area contributed by atoms with Gasteiger partial charge in [-0.05, 0) is 24.3 Å². The number of nitrogens with zero attached hydrogens (tertiary/aromatic N) is 2. The van der Waals surface area contributed by atoms with E-state index < -0.39 is 37.2 Å². The lowest BCUT2D eigenvalue weighted by Crippen LogP contribution is -2.40. The summed E-state index contributed by atoms with van der Waals surface area (Å²) in [6, 6.07) is 6.25. The number of fused-ring (bicyclic) bond motifs is 1. The van der Waals surface area contributed by atoms with Crippen molar-refractivity contribution in [2.24, 2.45) is 5.73 Å². The van der Waals surface area contributed by atoms with E-state index in [4.69, 9.17) is 5.73 Å². The van der Waals surface area contributed by atoms with Crippen molar-refractivity contribution in [2.45, 2.75) is 25.2 Å². The molecule has 0 unspecified atom stereocenters. The summed E-state index contributed by atoms with van der Waals surface area (Å²) < 4.78 is 26.6. The van der Waals surface area contributed by atoms with Gasteiger partial charge in [-0.1, -0.05) is 0 Å². The number of carbonyl (C=O) groups is 4. The van der Waals surface area contributed by atoms with Gasteiger partial charge >= 0.3 is 0 Å². The van der Waals surface area contributed by atoms with Gasteiger partial charge in [0.1, 0.15) is 0 Å². The molecule has 0 radical (unpaired) electrons. The normalized spacial score (nSPS) is 14.6. The van der Waals surface area contributed by atoms with Gasteiger partial charge in [-0.3, -0.25) is 24.2 Å². The van der Waals surface area contributed by atoms with Crippen LogP contribution in [0.5, 0.6) is 0 Å². The quantitative estimate of drug-likeness (QED) is 0.417. The van der Waals surface area contributed by atoms with Gasteiger partial charge in [0, 0.05) is 56.2 Å². The molecular formula is C22H26F2N6O4. The fourth-order valence-corrected chi connectivity index (χ4v) is 3.48. The zero-order valence-electron chi connectivity index (χ0n) is 18.4. The average molecular weight is 476 g/mol. The Morgan fingerprint density at radius 1 is 1.09 bits per heavy atom. The molecule has 3 rings (SSSR count). The van der Waals surface area contributed by atoms with Crippen molar-refractivity contribution >= 4 is 40.2 Å². The van der Waals surface area contributed by atoms with Crippen LogP contribution < -0.4 is 21.7 Å². The number of likely N-dealkylation sites (tertiary alicyclic amines) is 1. The van der Waals surface area contributed by atoms with E-state index in [-0.39, 0.29) is 36.8 Å². The van der Waals surface area contributed by atoms with Gasteiger partial charge in [-0.25, -0.2) is 8.78 Å². The average Bonchev–Trinajstić information content (AvgIpc) is 3.18. The molecular weight excluding hydrogens is 450 g/mol. The lowest BCUT2D eigenvalue weighted by Gasteiger charge is -2.16. The molecule has 5 N–H and O–H groups in total. The van der Waals surface area contributed by atoms with Crippen LogP contribution in [0.1, 0.15) is 29.6 Å². The fraction of sp³-hybridized carbons (Fsp3) is 0.409. The van der Waals surface area contributed by atoms with Crippen molar-refractivity contribution in [2.75, 3.05) is 38.0 Å². The van der Waals surface area contributed by atoms with Gasteiger partial charge in [0.2, 0.25) is 17.7 Å². The summed E-state index contributed by atoms with van der Waals surface area (Å²) in [4.78, 5) is 53.9. The number of nitrogens with two attached hydrogens (primary N) is 1. The number of nitrogens with one attached hydrogen (secondary N) is 3. The molecule has 0 bridgehead atoms. The van der Waals surface area contributed by atoms with Gasteiger partial charge in [0.25, 0.3) is 11.8 Å². The van der Waals surface area contributed by atoms with Crippen LogP contribution in [0.15, 0.2) is 30.5 Å². The van der Waals surface area contributed by atoms with Crippen LogP contribution in [0.2, 0.25) is 0 Å². The second-order valence-corrected chi connectivity index (χ2v) is 7.88. The third kappa shape index (κ3) is 6.67. The van der Waals surface area contributed by atoms with Gasteiger partial charge in [-0.2, -0.15) is 0 Å². The summed E-state index contributed by atoms with van der Waals surface area (Å²) in [7, 11) is 0. The highest BCUT2D eigenvalue weighted by molar-refractivity contribution is 6.08. The molecule has 0 aliphatic carbocycles. The van der Waals surface area contributed by atoms with Crippen molar-refractivity contribution in [1.82, 2.24) is 20.5 Å². The minimum atomic E-state index is -2.91. The molecule has 1 fully saturated rings. The van der Waals surface area contributed by atoms with Gasteiger partial charge in [-0.15, -0.1) is 0 Å². The highest BCUT2D eigenvalue weighted by Crippen LogP contribution is 2.26. The molecule has 0 saturated carbocycles. The summed E-state index contributed by atoms with van der Waals surface area (Å²) >= 11 is 0. The molecule has 12 heteroatoms. The van der Waals surface area contributed by atoms with Crippen LogP contribution in [0, 0.1) is 0 Å². The van der Waals surface area contributed by atoms with Crippen LogP contribution >= 0.6 is 0 Å². The van der Waals surface area contributed by atoms with E-state index in [9.17, 15) is 28.0 Å². The van der Waals surface area contributed by atoms with Crippen LogP contribution in [-0.4, -0.2) is 72.2 Å². The highest BCUT2D eigenvalue weighted by atomic mass is 19.3. The van der Waals surface area contributed by atoms with Crippen molar-refractivity contribution < 1.29 is 28.0 Å². The minimum absolute atomic E-state index is 0.00556. The lowest BCUT2D eigenvalue weighted by molar-refractivity contribution is -0.130. The maximum absolute atomic E-state index is 13.3. The molecule has 2 aromatic rings. The number of aromatic nitrogens is 1. The van der Waals surface area contributed by atoms with Crippen molar-refractivity contribution in [3.8, 4) is 0 Å². The van der Waals surface area contributed by atoms with Crippen molar-refractivity contribution in [3.05, 3.63) is 36.0 Å². The summed E-state index contributed by atoms with van der Waals surface area (Å²) in [6.45, 7) is -0.489. The Morgan fingerprint density at radius 3 is 2.56 bits per heavy atom. The Morgan fingerprint density at radius 2 is 1.85 bits per heavy atom. The minimum Gasteiger partial charge on any atom is -0.355 e. The Kier molecular flexibility index (Phi) is 8.05. The number of pyridine rings is 1. The number of benzene rings is 1. The maximum Gasteiger partial charge on any atom is 0.267 e. The third-order valence-corrected chi connectivity index (χ3v) is 5.24. The Labute approximate surface area is 194 Å². The van der Waals surface area contributed by atoms with Crippen LogP contribution in [0.3, 0.4) is 0 Å². The molecule has 10 nitrogen and oxygen atoms in total. The second-order valence-electron chi connectivity index (χ2n) is 7.88. The molecule has 1 aromatic carbocycles. The third-order valence-electron chi connectivity index (χ3n) is 5.24. The topological polar surface area (TPSA) is 147 Å². The number of carbonyl (C=O) groups excluding carboxylic acids is 4. The van der Waals surface area contributed by atoms with E-state index in [1.165, 1.54) is 12.3 Å². The second kappa shape index (κ2) is 11.0. The number of anilines is 1. The number of rotatable bonds is 9. The first-order valence-electron chi connectivity index (χ1n) is 10.8. The van der Waals surface area contributed by atoms with Crippen molar-refractivity contribution in [1.29, 1.82) is 0 Å². The number of hydrogen-bond donors (Lipinski definition) is 4. The number of hydrogen-bond acceptors (Lipinski definition) is 6. The standard InChI is InChI=1S/C22H26F2N6O4/c23-22(24)6-10-30(13-22)20(33)12-28-21(34)15-5-8-26-17-2-1-14(11-16(15)17)29-19(32)4-3-18(31)27-9-7-25/h1-2,5,8,11H,3-4,6-7,9-10,12-13,25H2,(H,27,31)(H,28,34)(H,29,32). The molecule has 2 heterocycles. The molecule has 1 aromatic heterocycles. The summed E-state index contributed by atoms with van der Waals surface area (Å²) in [6.07, 6.45) is 1.00. The predicted molar refractivity (Wildman–Crippen MR) is 120 cm³/mol. The van der Waals surface area contributed by atoms with Crippen molar-refractivity contribution in [3.63, 3.8) is 0 Å². The maximum atomic E-state index is 13.3. The largest absolute Gasteiger partial charge is 0.355 e. The van der Waals surface area contributed by atoms with Gasteiger partial charge < -0.3 is 26.6 Å². The van der Waals surface area contributed by atoms with Crippen LogP contribution in [0.4, 0.5) is 14.5 Å². The molecule has 1 aliphatic rings. The summed E-state index contributed by atoms with van der Waals surface area (Å²) in [5.74, 6) is -4.74. The predicted octanol–water partition coefficient (Wildman–Crippen LogP) is 0.626. The number of alkyl halides is 2. The van der Waals surface area contributed by atoms with Gasteiger partial charge in [0.15, 0.2) is 0 Å². The zero-order valence-corrected chi connectivity index (χ0v) is 18.4. The van der Waals surface area contributed by atoms with E-state index in [2.05, 4.69) is 20.9 Å². The van der Waals surface area contributed by atoms with E-state index in [1.807, 2.05) is 0 Å². The summed E-state index contributed by atoms with van der Waals surface area (Å²) in [5, 5.41) is 8.14. The molecule has 1 aliphatic heterocycles. The van der Waals surface area contributed by atoms with Crippen LogP contribution in [-0.2, 0) is 14.4 Å². The SMILES string of the molecule is NCCNC(=O)CCC(=O)Nc1ccc2nccc(C(=O)NCC(=O)N3CCC(F)(F)C3)c2c1. The van der Waals surface area contributed by atoms with E-state index in [0.29, 0.717) is 29.7 Å². The smallest absolute Gasteiger partial charge is 0.267 e. The number of amides is 4. The summed E-state index contributed by atoms with van der Waals surface area (Å²) in [5.41, 5.74) is 6.41. The Bertz CT molecular complexity index is 1090. The highest BCUT2D eigenvalue weighted by Gasteiger charge is 2.40. The van der Waals surface area contributed by atoms with E-state index in [1.54, 1.807) is 18.2 Å².